The largest absolute Gasteiger partial charge is 0.345 e. The smallest absolute Gasteiger partial charge is 0.254 e. The summed E-state index contributed by atoms with van der Waals surface area (Å²) in [5, 5.41) is 0. The van der Waals surface area contributed by atoms with E-state index in [-0.39, 0.29) is 11.8 Å². The third kappa shape index (κ3) is 3.63. The van der Waals surface area contributed by atoms with Crippen molar-refractivity contribution >= 4 is 11.8 Å². The van der Waals surface area contributed by atoms with E-state index in [2.05, 4.69) is 22.1 Å². The topological polar surface area (TPSA) is 69.3 Å². The van der Waals surface area contributed by atoms with E-state index in [9.17, 15) is 9.59 Å². The van der Waals surface area contributed by atoms with Crippen molar-refractivity contribution in [1.82, 2.24) is 19.8 Å². The Kier molecular flexibility index (Phi) is 5.06. The average Bonchev–Trinajstić information content (AvgIpc) is 3.56. The van der Waals surface area contributed by atoms with Crippen molar-refractivity contribution in [1.29, 1.82) is 0 Å². The normalized spacial score (nSPS) is 20.7. The molecule has 6 heteroatoms. The summed E-state index contributed by atoms with van der Waals surface area (Å²) in [5.74, 6) is 0.861. The van der Waals surface area contributed by atoms with Gasteiger partial charge >= 0.3 is 0 Å². The van der Waals surface area contributed by atoms with Gasteiger partial charge in [0.15, 0.2) is 0 Å². The van der Waals surface area contributed by atoms with Crippen LogP contribution in [0.2, 0.25) is 0 Å². The number of nitrogens with one attached hydrogen (secondary N) is 1. The van der Waals surface area contributed by atoms with Crippen molar-refractivity contribution in [3.8, 4) is 11.4 Å². The van der Waals surface area contributed by atoms with Gasteiger partial charge in [0.25, 0.3) is 5.91 Å². The molecule has 1 N–H and O–H groups in total. The average molecular weight is 415 g/mol. The van der Waals surface area contributed by atoms with Gasteiger partial charge < -0.3 is 14.8 Å². The SMILES string of the molecule is O=C(c1ccccc1-c1ncc[nH]1)N1CCC2(CCN(CCc3ccccc3)C2=O)C1. The molecule has 2 aromatic carbocycles. The minimum absolute atomic E-state index is 0.0283. The highest BCUT2D eigenvalue weighted by molar-refractivity contribution is 6.01. The molecule has 158 valence electrons. The van der Waals surface area contributed by atoms with Gasteiger partial charge in [-0.05, 0) is 30.9 Å². The summed E-state index contributed by atoms with van der Waals surface area (Å²) in [6, 6.07) is 17.8. The summed E-state index contributed by atoms with van der Waals surface area (Å²) in [6.45, 7) is 2.62. The van der Waals surface area contributed by atoms with E-state index < -0.39 is 5.41 Å². The van der Waals surface area contributed by atoms with Crippen LogP contribution >= 0.6 is 0 Å². The third-order valence-corrected chi connectivity index (χ3v) is 6.67. The molecule has 3 aromatic rings. The molecule has 2 fully saturated rings. The van der Waals surface area contributed by atoms with Crippen LogP contribution in [-0.4, -0.2) is 57.8 Å². The monoisotopic (exact) mass is 414 g/mol. The summed E-state index contributed by atoms with van der Waals surface area (Å²) in [5.41, 5.74) is 2.24. The second kappa shape index (κ2) is 8.02. The molecule has 2 aliphatic rings. The number of carbonyl (C=O) groups is 2. The van der Waals surface area contributed by atoms with Gasteiger partial charge in [0.1, 0.15) is 5.82 Å². The number of benzene rings is 2. The number of H-pyrrole nitrogens is 1. The maximum atomic E-state index is 13.4. The van der Waals surface area contributed by atoms with Gasteiger partial charge in [-0.2, -0.15) is 0 Å². The van der Waals surface area contributed by atoms with E-state index in [4.69, 9.17) is 0 Å². The number of amides is 2. The molecule has 0 bridgehead atoms. The van der Waals surface area contributed by atoms with Gasteiger partial charge in [-0.25, -0.2) is 4.98 Å². The van der Waals surface area contributed by atoms with Gasteiger partial charge in [-0.1, -0.05) is 48.5 Å². The lowest BCUT2D eigenvalue weighted by Gasteiger charge is -2.24. The molecule has 0 saturated carbocycles. The van der Waals surface area contributed by atoms with Gasteiger partial charge in [0, 0.05) is 44.1 Å². The van der Waals surface area contributed by atoms with Crippen molar-refractivity contribution in [3.05, 3.63) is 78.1 Å². The lowest BCUT2D eigenvalue weighted by molar-refractivity contribution is -0.135. The molecular weight excluding hydrogens is 388 g/mol. The molecule has 31 heavy (non-hydrogen) atoms. The molecule has 2 amide bonds. The molecule has 3 heterocycles. The minimum Gasteiger partial charge on any atom is -0.345 e. The Bertz CT molecular complexity index is 1080. The predicted molar refractivity (Wildman–Crippen MR) is 118 cm³/mol. The van der Waals surface area contributed by atoms with Crippen LogP contribution in [0.5, 0.6) is 0 Å². The molecule has 0 aliphatic carbocycles. The lowest BCUT2D eigenvalue weighted by atomic mass is 9.85. The van der Waals surface area contributed by atoms with Crippen LogP contribution in [0.4, 0.5) is 0 Å². The van der Waals surface area contributed by atoms with Gasteiger partial charge in [-0.3, -0.25) is 9.59 Å². The number of hydrogen-bond acceptors (Lipinski definition) is 3. The molecular formula is C25H26N4O2. The van der Waals surface area contributed by atoms with Crippen molar-refractivity contribution < 1.29 is 9.59 Å². The first-order chi connectivity index (χ1) is 15.2. The highest BCUT2D eigenvalue weighted by Crippen LogP contribution is 2.41. The van der Waals surface area contributed by atoms with E-state index in [1.165, 1.54) is 5.56 Å². The molecule has 0 radical (unpaired) electrons. The van der Waals surface area contributed by atoms with Crippen LogP contribution in [0, 0.1) is 5.41 Å². The Labute approximate surface area is 181 Å². The number of rotatable bonds is 5. The lowest BCUT2D eigenvalue weighted by Crippen LogP contribution is -2.39. The number of aromatic amines is 1. The van der Waals surface area contributed by atoms with Crippen molar-refractivity contribution in [2.75, 3.05) is 26.2 Å². The standard InChI is InChI=1S/C25H26N4O2/c30-23(21-9-5-4-8-20(21)22-26-13-14-27-22)29-17-12-25(18-29)11-16-28(24(25)31)15-10-19-6-2-1-3-7-19/h1-9,13-14H,10-12,15-18H2,(H,26,27). The van der Waals surface area contributed by atoms with Crippen molar-refractivity contribution in [2.45, 2.75) is 19.3 Å². The van der Waals surface area contributed by atoms with Crippen LogP contribution in [0.3, 0.4) is 0 Å². The zero-order valence-corrected chi connectivity index (χ0v) is 17.5. The van der Waals surface area contributed by atoms with Gasteiger partial charge in [-0.15, -0.1) is 0 Å². The zero-order chi connectivity index (χ0) is 21.3. The van der Waals surface area contributed by atoms with Crippen LogP contribution in [0.1, 0.15) is 28.8 Å². The maximum Gasteiger partial charge on any atom is 0.254 e. The molecule has 2 aliphatic heterocycles. The zero-order valence-electron chi connectivity index (χ0n) is 17.5. The quantitative estimate of drug-likeness (QED) is 0.696. The fourth-order valence-corrected chi connectivity index (χ4v) is 4.90. The van der Waals surface area contributed by atoms with Crippen molar-refractivity contribution in [2.24, 2.45) is 5.41 Å². The predicted octanol–water partition coefficient (Wildman–Crippen LogP) is 3.38. The van der Waals surface area contributed by atoms with Gasteiger partial charge in [0.05, 0.1) is 11.0 Å². The fourth-order valence-electron chi connectivity index (χ4n) is 4.90. The van der Waals surface area contributed by atoms with Crippen LogP contribution < -0.4 is 0 Å². The Morgan fingerprint density at radius 2 is 1.81 bits per heavy atom. The summed E-state index contributed by atoms with van der Waals surface area (Å²) in [7, 11) is 0. The number of imidazole rings is 1. The summed E-state index contributed by atoms with van der Waals surface area (Å²) in [4.78, 5) is 37.9. The highest BCUT2D eigenvalue weighted by atomic mass is 16.2. The maximum absolute atomic E-state index is 13.4. The Hall–Kier alpha value is -3.41. The van der Waals surface area contributed by atoms with E-state index in [1.54, 1.807) is 12.4 Å². The van der Waals surface area contributed by atoms with Crippen LogP contribution in [0.25, 0.3) is 11.4 Å². The van der Waals surface area contributed by atoms with E-state index in [1.807, 2.05) is 52.3 Å². The minimum atomic E-state index is -0.425. The number of hydrogen-bond donors (Lipinski definition) is 1. The van der Waals surface area contributed by atoms with Crippen LogP contribution in [-0.2, 0) is 11.2 Å². The molecule has 1 unspecified atom stereocenters. The first-order valence-corrected chi connectivity index (χ1v) is 10.9. The first kappa shape index (κ1) is 19.5. The first-order valence-electron chi connectivity index (χ1n) is 10.9. The molecule has 1 atom stereocenters. The summed E-state index contributed by atoms with van der Waals surface area (Å²) >= 11 is 0. The highest BCUT2D eigenvalue weighted by Gasteiger charge is 2.51. The number of aromatic nitrogens is 2. The van der Waals surface area contributed by atoms with Crippen LogP contribution in [0.15, 0.2) is 67.0 Å². The second-order valence-electron chi connectivity index (χ2n) is 8.52. The molecule has 2 saturated heterocycles. The molecule has 1 spiro atoms. The second-order valence-corrected chi connectivity index (χ2v) is 8.52. The van der Waals surface area contributed by atoms with Crippen molar-refractivity contribution in [3.63, 3.8) is 0 Å². The number of nitrogens with zero attached hydrogens (tertiary/aromatic N) is 3. The Morgan fingerprint density at radius 1 is 1.03 bits per heavy atom. The summed E-state index contributed by atoms with van der Waals surface area (Å²) in [6.07, 6.45) is 5.86. The third-order valence-electron chi connectivity index (χ3n) is 6.67. The summed E-state index contributed by atoms with van der Waals surface area (Å²) < 4.78 is 0. The molecule has 5 rings (SSSR count). The van der Waals surface area contributed by atoms with Gasteiger partial charge in [0.2, 0.25) is 5.91 Å². The number of carbonyl (C=O) groups excluding carboxylic acids is 2. The fraction of sp³-hybridized carbons (Fsp3) is 0.320. The number of likely N-dealkylation sites (tertiary alicyclic amines) is 2. The van der Waals surface area contributed by atoms with E-state index >= 15 is 0 Å². The Balaban J connectivity index is 1.28. The van der Waals surface area contributed by atoms with E-state index in [0.29, 0.717) is 24.5 Å². The molecule has 1 aromatic heterocycles. The Morgan fingerprint density at radius 3 is 2.61 bits per heavy atom. The van der Waals surface area contributed by atoms with E-state index in [0.717, 1.165) is 37.9 Å². The molecule has 6 nitrogen and oxygen atoms in total.